The first-order valence-electron chi connectivity index (χ1n) is 6.56. The third-order valence-electron chi connectivity index (χ3n) is 3.89. The number of hydrogen-bond acceptors (Lipinski definition) is 3. The van der Waals surface area contributed by atoms with Crippen molar-refractivity contribution in [2.45, 2.75) is 24.3 Å². The molecule has 0 radical (unpaired) electrons. The number of fused-ring (bicyclic) bond motifs is 1. The number of pyridine rings is 1. The highest BCUT2D eigenvalue weighted by Crippen LogP contribution is 2.60. The minimum absolute atomic E-state index is 0.397. The van der Waals surface area contributed by atoms with Crippen molar-refractivity contribution in [1.82, 2.24) is 4.98 Å². The molecule has 0 bridgehead atoms. The van der Waals surface area contributed by atoms with Crippen LogP contribution in [-0.2, 0) is 17.4 Å². The lowest BCUT2D eigenvalue weighted by Crippen LogP contribution is -2.14. The summed E-state index contributed by atoms with van der Waals surface area (Å²) in [6, 6.07) is 11.1. The van der Waals surface area contributed by atoms with Crippen molar-refractivity contribution in [3.05, 3.63) is 65.5 Å². The average Bonchev–Trinajstić information content (AvgIpc) is 2.92. The molecule has 4 nitrogen and oxygen atoms in total. The zero-order chi connectivity index (χ0) is 14.2. The summed E-state index contributed by atoms with van der Waals surface area (Å²) < 4.78 is 12.7. The largest absolute Gasteiger partial charge is 0.378 e. The highest BCUT2D eigenvalue weighted by molar-refractivity contribution is 7.58. The topological polar surface area (TPSA) is 70.4 Å². The first kappa shape index (κ1) is 13.5. The normalized spacial score (nSPS) is 19.3. The van der Waals surface area contributed by atoms with Crippen LogP contribution in [-0.4, -0.2) is 20.6 Å². The van der Waals surface area contributed by atoms with Gasteiger partial charge in [-0.05, 0) is 30.0 Å². The van der Waals surface area contributed by atoms with Gasteiger partial charge in [0.15, 0.2) is 5.85 Å². The van der Waals surface area contributed by atoms with Gasteiger partial charge in [-0.15, -0.1) is 0 Å². The van der Waals surface area contributed by atoms with Crippen LogP contribution in [0.15, 0.2) is 48.8 Å². The lowest BCUT2D eigenvalue weighted by molar-refractivity contribution is 0.231. The van der Waals surface area contributed by atoms with Crippen LogP contribution in [0.3, 0.4) is 0 Å². The van der Waals surface area contributed by atoms with Crippen LogP contribution in [0.5, 0.6) is 0 Å². The third kappa shape index (κ3) is 2.31. The summed E-state index contributed by atoms with van der Waals surface area (Å²) in [4.78, 5) is 14.3. The van der Waals surface area contributed by atoms with Crippen LogP contribution in [0, 0.1) is 0 Å². The van der Waals surface area contributed by atoms with E-state index in [0.29, 0.717) is 18.4 Å². The smallest absolute Gasteiger partial charge is 0.236 e. The quantitative estimate of drug-likeness (QED) is 0.852. The second-order valence-electron chi connectivity index (χ2n) is 5.16. The number of aliphatic hydroxyl groups excluding tert-OH is 1. The molecule has 1 aromatic heterocycles. The van der Waals surface area contributed by atoms with Gasteiger partial charge in [0.25, 0.3) is 0 Å². The number of benzene rings is 1. The maximum atomic E-state index is 12.7. The highest BCUT2D eigenvalue weighted by atomic mass is 31.2. The Bertz CT molecular complexity index is 634. The Morgan fingerprint density at radius 3 is 2.35 bits per heavy atom. The number of nitrogens with zero attached hydrogens (tertiary/aromatic N) is 1. The molecule has 20 heavy (non-hydrogen) atoms. The maximum Gasteiger partial charge on any atom is 0.236 e. The molecule has 0 saturated carbocycles. The molecule has 0 fully saturated rings. The molecule has 1 unspecified atom stereocenters. The summed E-state index contributed by atoms with van der Waals surface area (Å²) in [6.45, 7) is 0. The summed E-state index contributed by atoms with van der Waals surface area (Å²) in [5.41, 5.74) is 2.18. The van der Waals surface area contributed by atoms with Gasteiger partial charge >= 0.3 is 0 Å². The standard InChI is InChI=1S/C15H16NO3P/c17-15(13-6-3-7-16-10-13)20(18,19)14-8-11-4-1-2-5-12(11)9-14/h1-7,10,14-15,17H,8-9H2,(H,18,19)/t15-/m1/s1. The van der Waals surface area contributed by atoms with Gasteiger partial charge in [-0.2, -0.15) is 0 Å². The van der Waals surface area contributed by atoms with Gasteiger partial charge in [-0.1, -0.05) is 30.3 Å². The van der Waals surface area contributed by atoms with Crippen molar-refractivity contribution in [2.24, 2.45) is 0 Å². The van der Waals surface area contributed by atoms with Crippen molar-refractivity contribution in [2.75, 3.05) is 0 Å². The average molecular weight is 289 g/mol. The molecule has 0 amide bonds. The fourth-order valence-electron chi connectivity index (χ4n) is 2.74. The molecule has 2 N–H and O–H groups in total. The van der Waals surface area contributed by atoms with E-state index < -0.39 is 18.9 Å². The van der Waals surface area contributed by atoms with E-state index in [9.17, 15) is 14.6 Å². The maximum absolute atomic E-state index is 12.7. The van der Waals surface area contributed by atoms with E-state index in [2.05, 4.69) is 4.98 Å². The molecule has 1 aliphatic carbocycles. The van der Waals surface area contributed by atoms with Gasteiger partial charge in [-0.25, -0.2) is 0 Å². The summed E-state index contributed by atoms with van der Waals surface area (Å²) in [5, 5.41) is 10.2. The fraction of sp³-hybridized carbons (Fsp3) is 0.267. The SMILES string of the molecule is O=P(O)(C1Cc2ccccc2C1)[C@@H](O)c1cccnc1. The van der Waals surface area contributed by atoms with Gasteiger partial charge in [0.1, 0.15) is 0 Å². The second kappa shape index (κ2) is 5.13. The van der Waals surface area contributed by atoms with E-state index >= 15 is 0 Å². The monoisotopic (exact) mass is 289 g/mol. The number of aromatic nitrogens is 1. The molecule has 0 aliphatic heterocycles. The molecule has 1 aliphatic rings. The van der Waals surface area contributed by atoms with Crippen molar-refractivity contribution < 1.29 is 14.6 Å². The minimum atomic E-state index is -3.72. The van der Waals surface area contributed by atoms with Crippen molar-refractivity contribution in [3.63, 3.8) is 0 Å². The van der Waals surface area contributed by atoms with Gasteiger partial charge in [0.2, 0.25) is 7.37 Å². The number of rotatable bonds is 3. The predicted octanol–water partition coefficient (Wildman–Crippen LogP) is 2.51. The summed E-state index contributed by atoms with van der Waals surface area (Å²) >= 11 is 0. The first-order valence-corrected chi connectivity index (χ1v) is 8.36. The zero-order valence-electron chi connectivity index (χ0n) is 10.9. The van der Waals surface area contributed by atoms with Crippen LogP contribution in [0.4, 0.5) is 0 Å². The van der Waals surface area contributed by atoms with Crippen LogP contribution in [0.25, 0.3) is 0 Å². The molecule has 2 aromatic rings. The highest BCUT2D eigenvalue weighted by Gasteiger charge is 2.42. The van der Waals surface area contributed by atoms with E-state index in [1.165, 1.54) is 6.20 Å². The van der Waals surface area contributed by atoms with Gasteiger partial charge in [0, 0.05) is 23.6 Å². The van der Waals surface area contributed by atoms with Crippen LogP contribution < -0.4 is 0 Å². The lowest BCUT2D eigenvalue weighted by atomic mass is 10.1. The van der Waals surface area contributed by atoms with Gasteiger partial charge in [-0.3, -0.25) is 9.55 Å². The molecular weight excluding hydrogens is 273 g/mol. The lowest BCUT2D eigenvalue weighted by Gasteiger charge is -2.23. The Morgan fingerprint density at radius 1 is 1.15 bits per heavy atom. The predicted molar refractivity (Wildman–Crippen MR) is 76.7 cm³/mol. The molecular formula is C15H16NO3P. The Labute approximate surface area is 117 Å². The van der Waals surface area contributed by atoms with E-state index in [0.717, 1.165) is 11.1 Å². The zero-order valence-corrected chi connectivity index (χ0v) is 11.8. The Hall–Kier alpha value is -1.48. The van der Waals surface area contributed by atoms with E-state index in [1.807, 2.05) is 24.3 Å². The Morgan fingerprint density at radius 2 is 1.80 bits per heavy atom. The van der Waals surface area contributed by atoms with Crippen LogP contribution in [0.2, 0.25) is 0 Å². The molecule has 104 valence electrons. The Balaban J connectivity index is 1.86. The summed E-state index contributed by atoms with van der Waals surface area (Å²) in [5.74, 6) is -1.37. The Kier molecular flexibility index (Phi) is 3.47. The second-order valence-corrected chi connectivity index (χ2v) is 7.73. The molecule has 0 saturated heterocycles. The first-order chi connectivity index (χ1) is 9.59. The van der Waals surface area contributed by atoms with Crippen molar-refractivity contribution in [3.8, 4) is 0 Å². The van der Waals surface area contributed by atoms with Crippen molar-refractivity contribution in [1.29, 1.82) is 0 Å². The number of hydrogen-bond donors (Lipinski definition) is 2. The molecule has 0 spiro atoms. The molecule has 3 rings (SSSR count). The van der Waals surface area contributed by atoms with Crippen LogP contribution >= 0.6 is 7.37 Å². The van der Waals surface area contributed by atoms with E-state index in [1.54, 1.807) is 18.3 Å². The van der Waals surface area contributed by atoms with E-state index in [-0.39, 0.29) is 0 Å². The molecule has 2 atom stereocenters. The minimum Gasteiger partial charge on any atom is -0.378 e. The molecule has 1 aromatic carbocycles. The summed E-state index contributed by atoms with van der Waals surface area (Å²) in [7, 11) is -3.72. The van der Waals surface area contributed by atoms with Crippen LogP contribution in [0.1, 0.15) is 22.5 Å². The van der Waals surface area contributed by atoms with Crippen molar-refractivity contribution >= 4 is 7.37 Å². The molecule has 5 heteroatoms. The number of aliphatic hydroxyl groups is 1. The molecule has 1 heterocycles. The fourth-order valence-corrected chi connectivity index (χ4v) is 4.64. The van der Waals surface area contributed by atoms with Gasteiger partial charge in [0.05, 0.1) is 0 Å². The summed E-state index contributed by atoms with van der Waals surface area (Å²) in [6.07, 6.45) is 4.10. The van der Waals surface area contributed by atoms with Gasteiger partial charge < -0.3 is 10.00 Å². The van der Waals surface area contributed by atoms with E-state index in [4.69, 9.17) is 0 Å². The third-order valence-corrected chi connectivity index (χ3v) is 6.30.